The lowest BCUT2D eigenvalue weighted by atomic mass is 10.0. The first-order chi connectivity index (χ1) is 11.8. The third-order valence-corrected chi connectivity index (χ3v) is 5.12. The van der Waals surface area contributed by atoms with Crippen LogP contribution in [-0.4, -0.2) is 27.5 Å². The van der Waals surface area contributed by atoms with Crippen LogP contribution in [0.1, 0.15) is 30.3 Å². The molecule has 1 aromatic heterocycles. The number of likely N-dealkylation sites (tertiary alicyclic amines) is 1. The van der Waals surface area contributed by atoms with Gasteiger partial charge in [-0.15, -0.1) is 11.6 Å². The van der Waals surface area contributed by atoms with Crippen molar-refractivity contribution in [2.75, 3.05) is 13.1 Å². The van der Waals surface area contributed by atoms with Crippen LogP contribution >= 0.6 is 11.6 Å². The molecule has 0 amide bonds. The molecule has 0 radical (unpaired) electrons. The van der Waals surface area contributed by atoms with Gasteiger partial charge in [0.1, 0.15) is 5.82 Å². The molecule has 124 valence electrons. The van der Waals surface area contributed by atoms with E-state index in [1.807, 2.05) is 6.07 Å². The smallest absolute Gasteiger partial charge is 0.125 e. The number of piperidine rings is 1. The topological polar surface area (TPSA) is 21.1 Å². The minimum atomic E-state index is 0.448. The molecular weight excluding hydrogens is 318 g/mol. The summed E-state index contributed by atoms with van der Waals surface area (Å²) in [5.41, 5.74) is 3.64. The Labute approximate surface area is 147 Å². The van der Waals surface area contributed by atoms with Gasteiger partial charge >= 0.3 is 0 Å². The van der Waals surface area contributed by atoms with Crippen LogP contribution < -0.4 is 0 Å². The fraction of sp³-hybridized carbons (Fsp3) is 0.350. The minimum Gasteiger partial charge on any atom is -0.323 e. The van der Waals surface area contributed by atoms with Crippen LogP contribution in [0.15, 0.2) is 54.6 Å². The van der Waals surface area contributed by atoms with E-state index in [0.717, 1.165) is 31.0 Å². The summed E-state index contributed by atoms with van der Waals surface area (Å²) in [5, 5.41) is 0. The van der Waals surface area contributed by atoms with Crippen LogP contribution in [0.3, 0.4) is 0 Å². The van der Waals surface area contributed by atoms with Crippen molar-refractivity contribution in [2.45, 2.75) is 31.3 Å². The number of aromatic nitrogens is 2. The van der Waals surface area contributed by atoms with Gasteiger partial charge in [0.2, 0.25) is 0 Å². The highest BCUT2D eigenvalue weighted by molar-refractivity contribution is 6.16. The predicted molar refractivity (Wildman–Crippen MR) is 99.3 cm³/mol. The SMILES string of the molecule is ClCc1nc2ccccc2n1[C@H]1CCCN(Cc2ccccc2)C1. The first-order valence-electron chi connectivity index (χ1n) is 8.63. The van der Waals surface area contributed by atoms with Gasteiger partial charge in [0, 0.05) is 19.1 Å². The lowest BCUT2D eigenvalue weighted by Crippen LogP contribution is -2.36. The van der Waals surface area contributed by atoms with Gasteiger partial charge in [-0.2, -0.15) is 0 Å². The van der Waals surface area contributed by atoms with Gasteiger partial charge < -0.3 is 4.57 Å². The fourth-order valence-electron chi connectivity index (χ4n) is 3.82. The van der Waals surface area contributed by atoms with Crippen molar-refractivity contribution in [2.24, 2.45) is 0 Å². The van der Waals surface area contributed by atoms with E-state index in [-0.39, 0.29) is 0 Å². The Hall–Kier alpha value is -1.84. The maximum absolute atomic E-state index is 6.19. The zero-order valence-corrected chi connectivity index (χ0v) is 14.5. The number of imidazole rings is 1. The third kappa shape index (κ3) is 3.06. The lowest BCUT2D eigenvalue weighted by Gasteiger charge is -2.34. The fourth-order valence-corrected chi connectivity index (χ4v) is 4.01. The highest BCUT2D eigenvalue weighted by atomic mass is 35.5. The maximum Gasteiger partial charge on any atom is 0.125 e. The monoisotopic (exact) mass is 339 g/mol. The largest absolute Gasteiger partial charge is 0.323 e. The van der Waals surface area contributed by atoms with E-state index in [4.69, 9.17) is 16.6 Å². The second kappa shape index (κ2) is 6.96. The number of hydrogen-bond donors (Lipinski definition) is 0. The molecule has 0 saturated carbocycles. The number of hydrogen-bond acceptors (Lipinski definition) is 2. The molecule has 1 fully saturated rings. The first-order valence-corrected chi connectivity index (χ1v) is 9.16. The molecular formula is C20H22ClN3. The highest BCUT2D eigenvalue weighted by Gasteiger charge is 2.24. The molecule has 4 rings (SSSR count). The quantitative estimate of drug-likeness (QED) is 0.647. The van der Waals surface area contributed by atoms with Gasteiger partial charge in [0.15, 0.2) is 0 Å². The molecule has 2 aromatic carbocycles. The zero-order chi connectivity index (χ0) is 16.4. The number of fused-ring (bicyclic) bond motifs is 1. The molecule has 0 bridgehead atoms. The van der Waals surface area contributed by atoms with Crippen molar-refractivity contribution in [3.63, 3.8) is 0 Å². The van der Waals surface area contributed by atoms with Gasteiger partial charge in [-0.25, -0.2) is 4.98 Å². The van der Waals surface area contributed by atoms with E-state index in [1.54, 1.807) is 0 Å². The Morgan fingerprint density at radius 2 is 1.83 bits per heavy atom. The second-order valence-electron chi connectivity index (χ2n) is 6.54. The Balaban J connectivity index is 1.60. The second-order valence-corrected chi connectivity index (χ2v) is 6.80. The van der Waals surface area contributed by atoms with Gasteiger partial charge in [-0.05, 0) is 37.1 Å². The Morgan fingerprint density at radius 1 is 1.04 bits per heavy atom. The van der Waals surface area contributed by atoms with Crippen LogP contribution in [0, 0.1) is 0 Å². The number of benzene rings is 2. The average molecular weight is 340 g/mol. The Morgan fingerprint density at radius 3 is 2.67 bits per heavy atom. The van der Waals surface area contributed by atoms with E-state index in [0.29, 0.717) is 11.9 Å². The summed E-state index contributed by atoms with van der Waals surface area (Å²) < 4.78 is 2.37. The summed E-state index contributed by atoms with van der Waals surface area (Å²) in [6.07, 6.45) is 2.40. The van der Waals surface area contributed by atoms with E-state index in [2.05, 4.69) is 58.0 Å². The predicted octanol–water partition coefficient (Wildman–Crippen LogP) is 4.61. The van der Waals surface area contributed by atoms with Crippen molar-refractivity contribution >= 4 is 22.6 Å². The molecule has 0 N–H and O–H groups in total. The number of rotatable bonds is 4. The summed E-state index contributed by atoms with van der Waals surface area (Å²) in [6, 6.07) is 19.5. The Kier molecular flexibility index (Phi) is 4.54. The van der Waals surface area contributed by atoms with Gasteiger partial charge in [0.05, 0.1) is 16.9 Å². The molecule has 0 aliphatic carbocycles. The maximum atomic E-state index is 6.19. The van der Waals surface area contributed by atoms with Crippen LogP contribution in [0.2, 0.25) is 0 Å². The van der Waals surface area contributed by atoms with E-state index in [9.17, 15) is 0 Å². The number of halogens is 1. The first kappa shape index (κ1) is 15.7. The average Bonchev–Trinajstić information content (AvgIpc) is 3.01. The number of alkyl halides is 1. The summed E-state index contributed by atoms with van der Waals surface area (Å²) in [7, 11) is 0. The molecule has 2 heterocycles. The van der Waals surface area contributed by atoms with E-state index in [1.165, 1.54) is 23.9 Å². The number of nitrogens with zero attached hydrogens (tertiary/aromatic N) is 3. The van der Waals surface area contributed by atoms with Crippen molar-refractivity contribution in [3.05, 3.63) is 66.0 Å². The normalized spacial score (nSPS) is 19.0. The summed E-state index contributed by atoms with van der Waals surface area (Å²) in [5.74, 6) is 1.45. The molecule has 3 nitrogen and oxygen atoms in total. The molecule has 1 atom stereocenters. The van der Waals surface area contributed by atoms with E-state index >= 15 is 0 Å². The summed E-state index contributed by atoms with van der Waals surface area (Å²) in [4.78, 5) is 7.28. The molecule has 3 aromatic rings. The molecule has 0 unspecified atom stereocenters. The van der Waals surface area contributed by atoms with Crippen LogP contribution in [0.5, 0.6) is 0 Å². The van der Waals surface area contributed by atoms with Crippen molar-refractivity contribution < 1.29 is 0 Å². The van der Waals surface area contributed by atoms with Gasteiger partial charge in [0.25, 0.3) is 0 Å². The van der Waals surface area contributed by atoms with Gasteiger partial charge in [-0.1, -0.05) is 42.5 Å². The minimum absolute atomic E-state index is 0.448. The molecule has 24 heavy (non-hydrogen) atoms. The third-order valence-electron chi connectivity index (χ3n) is 4.88. The molecule has 0 spiro atoms. The van der Waals surface area contributed by atoms with Crippen molar-refractivity contribution in [1.29, 1.82) is 0 Å². The molecule has 1 saturated heterocycles. The number of para-hydroxylation sites is 2. The standard InChI is InChI=1S/C20H22ClN3/c21-13-20-22-18-10-4-5-11-19(18)24(20)17-9-6-12-23(15-17)14-16-7-2-1-3-8-16/h1-5,7-8,10-11,17H,6,9,12-15H2/t17-/m0/s1. The zero-order valence-electron chi connectivity index (χ0n) is 13.7. The van der Waals surface area contributed by atoms with E-state index < -0.39 is 0 Å². The van der Waals surface area contributed by atoms with Gasteiger partial charge in [-0.3, -0.25) is 4.90 Å². The van der Waals surface area contributed by atoms with Crippen LogP contribution in [0.4, 0.5) is 0 Å². The van der Waals surface area contributed by atoms with Crippen LogP contribution in [-0.2, 0) is 12.4 Å². The molecule has 1 aliphatic rings. The van der Waals surface area contributed by atoms with Crippen molar-refractivity contribution in [3.8, 4) is 0 Å². The molecule has 1 aliphatic heterocycles. The van der Waals surface area contributed by atoms with Crippen molar-refractivity contribution in [1.82, 2.24) is 14.5 Å². The summed E-state index contributed by atoms with van der Waals surface area (Å²) >= 11 is 6.19. The summed E-state index contributed by atoms with van der Waals surface area (Å²) in [6.45, 7) is 3.23. The highest BCUT2D eigenvalue weighted by Crippen LogP contribution is 2.29. The Bertz CT molecular complexity index is 812. The lowest BCUT2D eigenvalue weighted by molar-refractivity contribution is 0.171. The molecule has 4 heteroatoms. The van der Waals surface area contributed by atoms with Crippen LogP contribution in [0.25, 0.3) is 11.0 Å².